The van der Waals surface area contributed by atoms with E-state index in [1.165, 1.54) is 0 Å². The van der Waals surface area contributed by atoms with Crippen LogP contribution in [0.25, 0.3) is 10.9 Å². The summed E-state index contributed by atoms with van der Waals surface area (Å²) in [6.45, 7) is 1.07. The summed E-state index contributed by atoms with van der Waals surface area (Å²) in [5.74, 6) is -0.147. The van der Waals surface area contributed by atoms with Crippen LogP contribution in [0.3, 0.4) is 0 Å². The summed E-state index contributed by atoms with van der Waals surface area (Å²) in [6, 6.07) is 5.73. The van der Waals surface area contributed by atoms with E-state index in [4.69, 9.17) is 9.84 Å². The normalized spacial score (nSPS) is 10.8. The summed E-state index contributed by atoms with van der Waals surface area (Å²) in [6.07, 6.45) is 1.69. The Morgan fingerprint density at radius 1 is 1.42 bits per heavy atom. The maximum absolute atomic E-state index is 12.0. The molecule has 0 aliphatic carbocycles. The van der Waals surface area contributed by atoms with Crippen LogP contribution in [-0.4, -0.2) is 42.4 Å². The van der Waals surface area contributed by atoms with Gasteiger partial charge in [0.1, 0.15) is 0 Å². The number of ether oxygens (including phenoxy) is 1. The van der Waals surface area contributed by atoms with Crippen LogP contribution in [0.4, 0.5) is 0 Å². The molecule has 0 aliphatic rings. The molecule has 1 aromatic heterocycles. The number of benzene rings is 1. The minimum atomic E-state index is -0.147. The Balaban J connectivity index is 2.01. The Morgan fingerprint density at radius 2 is 2.26 bits per heavy atom. The quantitative estimate of drug-likeness (QED) is 0.707. The molecule has 0 unspecified atom stereocenters. The summed E-state index contributed by atoms with van der Waals surface area (Å²) in [5, 5.41) is 12.2. The molecule has 5 nitrogen and oxygen atoms in total. The lowest BCUT2D eigenvalue weighted by atomic mass is 10.1. The molecular formula is C13H15BrN2O3. The fourth-order valence-electron chi connectivity index (χ4n) is 1.82. The molecule has 19 heavy (non-hydrogen) atoms. The van der Waals surface area contributed by atoms with E-state index in [2.05, 4.69) is 26.2 Å². The van der Waals surface area contributed by atoms with Gasteiger partial charge < -0.3 is 20.1 Å². The fourth-order valence-corrected chi connectivity index (χ4v) is 2.40. The third kappa shape index (κ3) is 3.34. The molecular weight excluding hydrogens is 312 g/mol. The van der Waals surface area contributed by atoms with Crippen LogP contribution in [0, 0.1) is 0 Å². The lowest BCUT2D eigenvalue weighted by Gasteiger charge is -2.05. The summed E-state index contributed by atoms with van der Waals surface area (Å²) >= 11 is 3.45. The standard InChI is InChI=1S/C13H15BrN2O3/c14-10-2-1-3-11-12(10)9(8-16-11)13(18)15-4-6-19-7-5-17/h1-3,8,16-17H,4-7H2,(H,15,18). The van der Waals surface area contributed by atoms with E-state index < -0.39 is 0 Å². The number of aromatic amines is 1. The van der Waals surface area contributed by atoms with Crippen molar-refractivity contribution in [2.75, 3.05) is 26.4 Å². The van der Waals surface area contributed by atoms with Gasteiger partial charge in [-0.15, -0.1) is 0 Å². The average molecular weight is 327 g/mol. The molecule has 2 aromatic rings. The molecule has 102 valence electrons. The van der Waals surface area contributed by atoms with Crippen LogP contribution in [0.15, 0.2) is 28.9 Å². The van der Waals surface area contributed by atoms with Crippen LogP contribution < -0.4 is 5.32 Å². The van der Waals surface area contributed by atoms with Gasteiger partial charge in [0.25, 0.3) is 5.91 Å². The number of aliphatic hydroxyl groups is 1. The van der Waals surface area contributed by atoms with Crippen molar-refractivity contribution in [2.24, 2.45) is 0 Å². The molecule has 0 fully saturated rings. The predicted octanol–water partition coefficient (Wildman–Crippen LogP) is 1.67. The Morgan fingerprint density at radius 3 is 3.05 bits per heavy atom. The topological polar surface area (TPSA) is 74.3 Å². The van der Waals surface area contributed by atoms with Gasteiger partial charge in [0.2, 0.25) is 0 Å². The first-order valence-corrected chi connectivity index (χ1v) is 6.75. The molecule has 0 radical (unpaired) electrons. The van der Waals surface area contributed by atoms with Crippen LogP contribution in [0.1, 0.15) is 10.4 Å². The summed E-state index contributed by atoms with van der Waals surface area (Å²) < 4.78 is 5.96. The van der Waals surface area contributed by atoms with Gasteiger partial charge in [-0.2, -0.15) is 0 Å². The number of nitrogens with one attached hydrogen (secondary N) is 2. The highest BCUT2D eigenvalue weighted by atomic mass is 79.9. The van der Waals surface area contributed by atoms with Gasteiger partial charge in [0, 0.05) is 28.1 Å². The van der Waals surface area contributed by atoms with E-state index in [0.29, 0.717) is 18.7 Å². The second-order valence-corrected chi connectivity index (χ2v) is 4.81. The largest absolute Gasteiger partial charge is 0.394 e. The summed E-state index contributed by atoms with van der Waals surface area (Å²) in [4.78, 5) is 15.1. The van der Waals surface area contributed by atoms with Crippen molar-refractivity contribution in [1.29, 1.82) is 0 Å². The van der Waals surface area contributed by atoms with E-state index in [0.717, 1.165) is 15.4 Å². The zero-order chi connectivity index (χ0) is 13.7. The average Bonchev–Trinajstić information content (AvgIpc) is 2.84. The van der Waals surface area contributed by atoms with Crippen LogP contribution in [-0.2, 0) is 4.74 Å². The van der Waals surface area contributed by atoms with Crippen molar-refractivity contribution in [3.8, 4) is 0 Å². The first-order valence-electron chi connectivity index (χ1n) is 5.96. The Kier molecular flexibility index (Phi) is 4.95. The number of hydrogen-bond donors (Lipinski definition) is 3. The van der Waals surface area contributed by atoms with Gasteiger partial charge in [-0.1, -0.05) is 22.0 Å². The molecule has 3 N–H and O–H groups in total. The SMILES string of the molecule is O=C(NCCOCCO)c1c[nH]c2cccc(Br)c12. The van der Waals surface area contributed by atoms with Gasteiger partial charge in [0.15, 0.2) is 0 Å². The van der Waals surface area contributed by atoms with Crippen molar-refractivity contribution in [3.05, 3.63) is 34.4 Å². The predicted molar refractivity (Wildman–Crippen MR) is 76.2 cm³/mol. The van der Waals surface area contributed by atoms with E-state index in [1.807, 2.05) is 18.2 Å². The molecule has 0 saturated heterocycles. The Labute approximate surface area is 119 Å². The number of halogens is 1. The third-order valence-electron chi connectivity index (χ3n) is 2.67. The van der Waals surface area contributed by atoms with Crippen LogP contribution in [0.5, 0.6) is 0 Å². The molecule has 0 spiro atoms. The number of hydrogen-bond acceptors (Lipinski definition) is 3. The maximum Gasteiger partial charge on any atom is 0.253 e. The first kappa shape index (κ1) is 14.0. The van der Waals surface area contributed by atoms with Crippen molar-refractivity contribution in [3.63, 3.8) is 0 Å². The van der Waals surface area contributed by atoms with E-state index in [1.54, 1.807) is 6.20 Å². The number of amides is 1. The van der Waals surface area contributed by atoms with Crippen molar-refractivity contribution in [1.82, 2.24) is 10.3 Å². The molecule has 1 amide bonds. The number of fused-ring (bicyclic) bond motifs is 1. The fraction of sp³-hybridized carbons (Fsp3) is 0.308. The van der Waals surface area contributed by atoms with Gasteiger partial charge in [-0.05, 0) is 12.1 Å². The number of carbonyl (C=O) groups is 1. The van der Waals surface area contributed by atoms with E-state index in [-0.39, 0.29) is 19.1 Å². The number of H-pyrrole nitrogens is 1. The number of carbonyl (C=O) groups excluding carboxylic acids is 1. The molecule has 1 aromatic carbocycles. The highest BCUT2D eigenvalue weighted by Crippen LogP contribution is 2.26. The summed E-state index contributed by atoms with van der Waals surface area (Å²) in [7, 11) is 0. The molecule has 6 heteroatoms. The highest BCUT2D eigenvalue weighted by Gasteiger charge is 2.13. The van der Waals surface area contributed by atoms with Crippen molar-refractivity contribution < 1.29 is 14.6 Å². The summed E-state index contributed by atoms with van der Waals surface area (Å²) in [5.41, 5.74) is 1.51. The molecule has 0 atom stereocenters. The number of aromatic nitrogens is 1. The highest BCUT2D eigenvalue weighted by molar-refractivity contribution is 9.10. The lowest BCUT2D eigenvalue weighted by Crippen LogP contribution is -2.27. The van der Waals surface area contributed by atoms with Gasteiger partial charge in [-0.25, -0.2) is 0 Å². The first-order chi connectivity index (χ1) is 9.24. The van der Waals surface area contributed by atoms with Gasteiger partial charge in [-0.3, -0.25) is 4.79 Å². The minimum absolute atomic E-state index is 0.0106. The van der Waals surface area contributed by atoms with Crippen molar-refractivity contribution >= 4 is 32.7 Å². The molecule has 1 heterocycles. The van der Waals surface area contributed by atoms with E-state index in [9.17, 15) is 4.79 Å². The van der Waals surface area contributed by atoms with Gasteiger partial charge in [0.05, 0.1) is 25.4 Å². The minimum Gasteiger partial charge on any atom is -0.394 e. The zero-order valence-electron chi connectivity index (χ0n) is 10.3. The zero-order valence-corrected chi connectivity index (χ0v) is 11.9. The Hall–Kier alpha value is -1.37. The molecule has 0 saturated carbocycles. The number of rotatable bonds is 6. The molecule has 2 rings (SSSR count). The van der Waals surface area contributed by atoms with Gasteiger partial charge >= 0.3 is 0 Å². The third-order valence-corrected chi connectivity index (χ3v) is 3.33. The van der Waals surface area contributed by atoms with Crippen LogP contribution in [0.2, 0.25) is 0 Å². The number of aliphatic hydroxyl groups excluding tert-OH is 1. The van der Waals surface area contributed by atoms with Crippen LogP contribution >= 0.6 is 15.9 Å². The smallest absolute Gasteiger partial charge is 0.253 e. The molecule has 0 aliphatic heterocycles. The Bertz CT molecular complexity index is 568. The monoisotopic (exact) mass is 326 g/mol. The second kappa shape index (κ2) is 6.70. The van der Waals surface area contributed by atoms with E-state index >= 15 is 0 Å². The lowest BCUT2D eigenvalue weighted by molar-refractivity contribution is 0.0839. The van der Waals surface area contributed by atoms with Crippen molar-refractivity contribution in [2.45, 2.75) is 0 Å². The molecule has 0 bridgehead atoms. The second-order valence-electron chi connectivity index (χ2n) is 3.96. The maximum atomic E-state index is 12.0.